The topological polar surface area (TPSA) is 87.8 Å². The summed E-state index contributed by atoms with van der Waals surface area (Å²) in [4.78, 5) is 40.2. The zero-order chi connectivity index (χ0) is 20.3. The number of likely N-dealkylation sites (N-methyl/N-ethyl adjacent to an activating group) is 1. The number of hydrogen-bond donors (Lipinski definition) is 1. The van der Waals surface area contributed by atoms with E-state index in [4.69, 9.17) is 5.11 Å². The highest BCUT2D eigenvalue weighted by atomic mass is 16.4. The van der Waals surface area contributed by atoms with Gasteiger partial charge in [0, 0.05) is 25.7 Å². The van der Waals surface area contributed by atoms with E-state index in [9.17, 15) is 14.4 Å². The Balaban J connectivity index is 1.72. The molecule has 0 aliphatic carbocycles. The van der Waals surface area contributed by atoms with Crippen molar-refractivity contribution in [3.63, 3.8) is 0 Å². The number of carbonyl (C=O) groups excluding carboxylic acids is 1. The van der Waals surface area contributed by atoms with Crippen LogP contribution in [0.1, 0.15) is 26.2 Å². The number of nitrogens with zero attached hydrogens (tertiary/aromatic N) is 4. The van der Waals surface area contributed by atoms with E-state index in [0.29, 0.717) is 19.6 Å². The van der Waals surface area contributed by atoms with Gasteiger partial charge in [0.2, 0.25) is 5.91 Å². The van der Waals surface area contributed by atoms with Crippen LogP contribution < -0.4 is 5.69 Å². The summed E-state index contributed by atoms with van der Waals surface area (Å²) in [6.07, 6.45) is 2.43. The minimum atomic E-state index is -0.841. The minimum Gasteiger partial charge on any atom is -0.480 e. The Labute approximate surface area is 163 Å². The number of aromatic nitrogens is 2. The van der Waals surface area contributed by atoms with Gasteiger partial charge in [-0.15, -0.1) is 0 Å². The van der Waals surface area contributed by atoms with E-state index in [2.05, 4.69) is 0 Å². The van der Waals surface area contributed by atoms with E-state index in [1.54, 1.807) is 14.0 Å². The molecule has 0 saturated carbocycles. The van der Waals surface area contributed by atoms with Crippen molar-refractivity contribution in [2.45, 2.75) is 45.3 Å². The highest BCUT2D eigenvalue weighted by Gasteiger charge is 2.25. The van der Waals surface area contributed by atoms with Crippen LogP contribution in [0, 0.1) is 0 Å². The van der Waals surface area contributed by atoms with Crippen LogP contribution in [0.4, 0.5) is 0 Å². The molecule has 1 atom stereocenters. The summed E-state index contributed by atoms with van der Waals surface area (Å²) >= 11 is 0. The zero-order valence-corrected chi connectivity index (χ0v) is 16.5. The van der Waals surface area contributed by atoms with E-state index >= 15 is 0 Å². The number of likely N-dealkylation sites (tertiary alicyclic amines) is 1. The van der Waals surface area contributed by atoms with Crippen molar-refractivity contribution >= 4 is 22.9 Å². The maximum Gasteiger partial charge on any atom is 0.329 e. The fourth-order valence-corrected chi connectivity index (χ4v) is 4.08. The second-order valence-corrected chi connectivity index (χ2v) is 7.38. The average molecular weight is 388 g/mol. The molecule has 0 bridgehead atoms. The third-order valence-electron chi connectivity index (χ3n) is 5.59. The van der Waals surface area contributed by atoms with Gasteiger partial charge in [0.1, 0.15) is 6.54 Å². The number of benzene rings is 1. The van der Waals surface area contributed by atoms with Crippen LogP contribution in [0.3, 0.4) is 0 Å². The molecule has 8 heteroatoms. The molecule has 0 spiro atoms. The lowest BCUT2D eigenvalue weighted by Gasteiger charge is -2.25. The smallest absolute Gasteiger partial charge is 0.329 e. The van der Waals surface area contributed by atoms with Crippen LogP contribution in [0.2, 0.25) is 0 Å². The zero-order valence-electron chi connectivity index (χ0n) is 16.5. The monoisotopic (exact) mass is 388 g/mol. The Morgan fingerprint density at radius 3 is 2.46 bits per heavy atom. The van der Waals surface area contributed by atoms with Crippen molar-refractivity contribution in [2.24, 2.45) is 0 Å². The number of aliphatic carboxylic acids is 1. The van der Waals surface area contributed by atoms with Gasteiger partial charge in [0.15, 0.2) is 0 Å². The number of rotatable bonds is 6. The summed E-state index contributed by atoms with van der Waals surface area (Å²) in [6, 6.07) is 7.68. The highest BCUT2D eigenvalue weighted by molar-refractivity contribution is 5.81. The molecule has 1 N–H and O–H groups in total. The lowest BCUT2D eigenvalue weighted by Crippen LogP contribution is -2.39. The molecule has 1 fully saturated rings. The molecule has 2 aromatic rings. The van der Waals surface area contributed by atoms with Crippen molar-refractivity contribution in [3.05, 3.63) is 34.7 Å². The number of carboxylic acid groups (broad SMARTS) is 1. The molecule has 1 aromatic heterocycles. The molecule has 28 heavy (non-hydrogen) atoms. The number of aryl methyl sites for hydroxylation is 1. The standard InChI is InChI=1S/C20H28N4O4/c1-3-23-16-8-4-5-9-17(16)24(20(23)28)13-18(25)22-11-6-7-15(10-12-22)21(2)14-19(26)27/h4-5,8-9,15H,3,6-7,10-14H2,1-2H3,(H,26,27)/t15-/m1/s1. The van der Waals surface area contributed by atoms with Crippen LogP contribution in [0.5, 0.6) is 0 Å². The van der Waals surface area contributed by atoms with Gasteiger partial charge in [-0.25, -0.2) is 4.79 Å². The van der Waals surface area contributed by atoms with Gasteiger partial charge in [-0.2, -0.15) is 0 Å². The van der Waals surface area contributed by atoms with Gasteiger partial charge in [-0.05, 0) is 45.4 Å². The maximum atomic E-state index is 12.9. The Hall–Kier alpha value is -2.61. The third kappa shape index (κ3) is 4.11. The summed E-state index contributed by atoms with van der Waals surface area (Å²) in [5.41, 5.74) is 1.46. The number of para-hydroxylation sites is 2. The minimum absolute atomic E-state index is 0.00449. The summed E-state index contributed by atoms with van der Waals surface area (Å²) in [6.45, 7) is 3.73. The lowest BCUT2D eigenvalue weighted by atomic mass is 10.1. The van der Waals surface area contributed by atoms with Crippen molar-refractivity contribution < 1.29 is 14.7 Å². The van der Waals surface area contributed by atoms with Gasteiger partial charge in [0.05, 0.1) is 17.6 Å². The molecule has 152 valence electrons. The molecule has 8 nitrogen and oxygen atoms in total. The Bertz CT molecular complexity index is 917. The van der Waals surface area contributed by atoms with Crippen molar-refractivity contribution in [1.82, 2.24) is 18.9 Å². The lowest BCUT2D eigenvalue weighted by molar-refractivity contribution is -0.138. The molecule has 1 aliphatic rings. The summed E-state index contributed by atoms with van der Waals surface area (Å²) < 4.78 is 3.24. The second-order valence-electron chi connectivity index (χ2n) is 7.38. The van der Waals surface area contributed by atoms with Gasteiger partial charge in [-0.1, -0.05) is 12.1 Å². The summed E-state index contributed by atoms with van der Waals surface area (Å²) in [7, 11) is 1.81. The Morgan fingerprint density at radius 1 is 1.14 bits per heavy atom. The van der Waals surface area contributed by atoms with Crippen molar-refractivity contribution in [1.29, 1.82) is 0 Å². The first kappa shape index (κ1) is 20.1. The molecule has 1 amide bonds. The predicted molar refractivity (Wildman–Crippen MR) is 106 cm³/mol. The fourth-order valence-electron chi connectivity index (χ4n) is 4.08. The van der Waals surface area contributed by atoms with Crippen LogP contribution in [0.25, 0.3) is 11.0 Å². The molecular formula is C20H28N4O4. The largest absolute Gasteiger partial charge is 0.480 e. The first-order valence-electron chi connectivity index (χ1n) is 9.80. The first-order valence-corrected chi connectivity index (χ1v) is 9.80. The molecule has 0 unspecified atom stereocenters. The average Bonchev–Trinajstić information content (AvgIpc) is 2.82. The highest BCUT2D eigenvalue weighted by Crippen LogP contribution is 2.17. The van der Waals surface area contributed by atoms with E-state index in [-0.39, 0.29) is 30.7 Å². The third-order valence-corrected chi connectivity index (χ3v) is 5.59. The summed E-state index contributed by atoms with van der Waals surface area (Å²) in [5.74, 6) is -0.908. The van der Waals surface area contributed by atoms with Gasteiger partial charge in [0.25, 0.3) is 0 Å². The normalized spacial score (nSPS) is 17.8. The molecule has 0 radical (unpaired) electrons. The van der Waals surface area contributed by atoms with Crippen LogP contribution in [-0.2, 0) is 22.7 Å². The number of carbonyl (C=O) groups is 2. The van der Waals surface area contributed by atoms with Gasteiger partial charge >= 0.3 is 11.7 Å². The number of amides is 1. The molecule has 3 rings (SSSR count). The number of carboxylic acids is 1. The fraction of sp³-hybridized carbons (Fsp3) is 0.550. The van der Waals surface area contributed by atoms with E-state index < -0.39 is 5.97 Å². The maximum absolute atomic E-state index is 12.9. The second kappa shape index (κ2) is 8.60. The van der Waals surface area contributed by atoms with Crippen LogP contribution >= 0.6 is 0 Å². The van der Waals surface area contributed by atoms with E-state index in [1.807, 2.05) is 43.1 Å². The molecule has 1 aliphatic heterocycles. The first-order chi connectivity index (χ1) is 13.4. The molecule has 2 heterocycles. The number of imidazole rings is 1. The SMILES string of the molecule is CCn1c(=O)n(CC(=O)N2CCC[C@@H](N(C)CC(=O)O)CC2)c2ccccc21. The molecular weight excluding hydrogens is 360 g/mol. The van der Waals surface area contributed by atoms with Gasteiger partial charge < -0.3 is 10.0 Å². The predicted octanol–water partition coefficient (Wildman–Crippen LogP) is 1.22. The van der Waals surface area contributed by atoms with Gasteiger partial charge in [-0.3, -0.25) is 23.6 Å². The quantitative estimate of drug-likeness (QED) is 0.804. The molecule has 1 aromatic carbocycles. The van der Waals surface area contributed by atoms with Crippen LogP contribution in [0.15, 0.2) is 29.1 Å². The van der Waals surface area contributed by atoms with Crippen molar-refractivity contribution in [3.8, 4) is 0 Å². The van der Waals surface area contributed by atoms with E-state index in [0.717, 1.165) is 30.3 Å². The van der Waals surface area contributed by atoms with Crippen LogP contribution in [-0.4, -0.2) is 68.6 Å². The summed E-state index contributed by atoms with van der Waals surface area (Å²) in [5, 5.41) is 8.98. The van der Waals surface area contributed by atoms with Crippen molar-refractivity contribution in [2.75, 3.05) is 26.7 Å². The number of fused-ring (bicyclic) bond motifs is 1. The number of hydrogen-bond acceptors (Lipinski definition) is 4. The Morgan fingerprint density at radius 2 is 1.82 bits per heavy atom. The Kier molecular flexibility index (Phi) is 6.18. The van der Waals surface area contributed by atoms with E-state index in [1.165, 1.54) is 0 Å². The molecule has 1 saturated heterocycles.